The molecule has 5 fully saturated rings. The number of carbonyl (C=O) groups excluding carboxylic acids is 5. The standard InChI is InChI=1S/C28H36O10/c1-13-18-10-19(35-14(2)29)22-27-9-7-8-26(6,12-34-25(27)38-17(5)32)20(27)11-21(36-15(3)30)28(22,23(13)33)24(18)37-16(4)31/h18-22,24-25H,1,7-12H2,2-6H3/t18-,19+,20-,21-,22+,24-,25+,26+,27+,28-/m1/s1. The van der Waals surface area contributed by atoms with Crippen LogP contribution in [0.1, 0.15) is 66.7 Å². The number of hydrogen-bond donors (Lipinski definition) is 0. The van der Waals surface area contributed by atoms with Gasteiger partial charge in [-0.2, -0.15) is 0 Å². The maximum Gasteiger partial charge on any atom is 0.304 e. The van der Waals surface area contributed by atoms with Gasteiger partial charge in [0.15, 0.2) is 5.78 Å². The molecular formula is C28H36O10. The average Bonchev–Trinajstić information content (AvgIpc) is 2.91. The molecule has 0 N–H and O–H groups in total. The predicted octanol–water partition coefficient (Wildman–Crippen LogP) is 2.66. The largest absolute Gasteiger partial charge is 0.462 e. The second-order valence-corrected chi connectivity index (χ2v) is 12.0. The van der Waals surface area contributed by atoms with Crippen molar-refractivity contribution in [1.82, 2.24) is 0 Å². The first-order valence-corrected chi connectivity index (χ1v) is 13.3. The Kier molecular flexibility index (Phi) is 6.28. The Morgan fingerprint density at radius 2 is 1.53 bits per heavy atom. The van der Waals surface area contributed by atoms with Gasteiger partial charge in [-0.05, 0) is 42.6 Å². The molecule has 5 rings (SSSR count). The summed E-state index contributed by atoms with van der Waals surface area (Å²) in [6.45, 7) is 11.6. The number of carbonyl (C=O) groups is 5. The summed E-state index contributed by atoms with van der Waals surface area (Å²) in [4.78, 5) is 64.1. The van der Waals surface area contributed by atoms with Crippen LogP contribution in [-0.2, 0) is 47.7 Å². The van der Waals surface area contributed by atoms with Gasteiger partial charge in [0.2, 0.25) is 6.29 Å². The lowest BCUT2D eigenvalue weighted by atomic mass is 9.37. The molecule has 38 heavy (non-hydrogen) atoms. The lowest BCUT2D eigenvalue weighted by molar-refractivity contribution is -0.358. The Morgan fingerprint density at radius 1 is 0.895 bits per heavy atom. The van der Waals surface area contributed by atoms with Gasteiger partial charge in [0.05, 0.1) is 6.61 Å². The van der Waals surface area contributed by atoms with E-state index in [9.17, 15) is 24.0 Å². The lowest BCUT2D eigenvalue weighted by Crippen LogP contribution is -2.76. The molecule has 5 aliphatic rings. The maximum absolute atomic E-state index is 14.4. The van der Waals surface area contributed by atoms with Crippen molar-refractivity contribution in [3.8, 4) is 0 Å². The first-order valence-electron chi connectivity index (χ1n) is 13.3. The van der Waals surface area contributed by atoms with E-state index in [1.165, 1.54) is 27.7 Å². The van der Waals surface area contributed by atoms with E-state index in [1.54, 1.807) is 0 Å². The van der Waals surface area contributed by atoms with E-state index in [4.69, 9.17) is 23.7 Å². The molecule has 1 heterocycles. The Balaban J connectivity index is 1.82. The average molecular weight is 533 g/mol. The van der Waals surface area contributed by atoms with Crippen molar-refractivity contribution in [3.05, 3.63) is 12.2 Å². The number of Topliss-reactive ketones (excluding diaryl/α,β-unsaturated/α-hetero) is 1. The summed E-state index contributed by atoms with van der Waals surface area (Å²) in [6, 6.07) is 0. The highest BCUT2D eigenvalue weighted by Crippen LogP contribution is 2.75. The van der Waals surface area contributed by atoms with Crippen molar-refractivity contribution >= 4 is 29.7 Å². The number of esters is 4. The minimum absolute atomic E-state index is 0.194. The third kappa shape index (κ3) is 3.51. The van der Waals surface area contributed by atoms with Crippen LogP contribution < -0.4 is 0 Å². The molecule has 0 amide bonds. The fourth-order valence-electron chi connectivity index (χ4n) is 9.12. The van der Waals surface area contributed by atoms with Crippen LogP contribution in [0.15, 0.2) is 12.2 Å². The molecule has 208 valence electrons. The van der Waals surface area contributed by atoms with Gasteiger partial charge in [-0.15, -0.1) is 0 Å². The monoisotopic (exact) mass is 532 g/mol. The lowest BCUT2D eigenvalue weighted by Gasteiger charge is -2.70. The van der Waals surface area contributed by atoms with E-state index in [-0.39, 0.29) is 35.5 Å². The Bertz CT molecular complexity index is 1110. The Labute approximate surface area is 221 Å². The molecule has 0 aromatic carbocycles. The number of hydrogen-bond acceptors (Lipinski definition) is 10. The second-order valence-electron chi connectivity index (χ2n) is 12.0. The van der Waals surface area contributed by atoms with Crippen LogP contribution in [0.5, 0.6) is 0 Å². The predicted molar refractivity (Wildman–Crippen MR) is 129 cm³/mol. The number of rotatable bonds is 4. The minimum atomic E-state index is -1.58. The highest BCUT2D eigenvalue weighted by atomic mass is 16.7. The Morgan fingerprint density at radius 3 is 2.13 bits per heavy atom. The molecule has 1 saturated heterocycles. The summed E-state index contributed by atoms with van der Waals surface area (Å²) >= 11 is 0. The summed E-state index contributed by atoms with van der Waals surface area (Å²) in [5.41, 5.74) is -2.66. The van der Waals surface area contributed by atoms with Crippen LogP contribution >= 0.6 is 0 Å². The molecule has 10 nitrogen and oxygen atoms in total. The quantitative estimate of drug-likeness (QED) is 0.302. The SMILES string of the molecule is C=C1C(=O)[C@]23[C@H](OC(C)=O)[C@@H]1C[C@H](OC(C)=O)[C@H]2[C@@]12CCC[C@@](C)(CO[C@H]1OC(C)=O)[C@H]2C[C@H]3OC(C)=O. The molecule has 0 unspecified atom stereocenters. The van der Waals surface area contributed by atoms with E-state index in [1.807, 2.05) is 0 Å². The van der Waals surface area contributed by atoms with Crippen molar-refractivity contribution in [2.75, 3.05) is 6.61 Å². The van der Waals surface area contributed by atoms with Crippen LogP contribution in [0, 0.1) is 34.0 Å². The van der Waals surface area contributed by atoms with Crippen molar-refractivity contribution in [1.29, 1.82) is 0 Å². The summed E-state index contributed by atoms with van der Waals surface area (Å²) in [5, 5.41) is 0. The molecule has 0 aromatic rings. The van der Waals surface area contributed by atoms with Gasteiger partial charge < -0.3 is 23.7 Å². The first-order chi connectivity index (χ1) is 17.8. The summed E-state index contributed by atoms with van der Waals surface area (Å²) < 4.78 is 29.9. The van der Waals surface area contributed by atoms with Crippen LogP contribution in [0.3, 0.4) is 0 Å². The smallest absolute Gasteiger partial charge is 0.304 e. The van der Waals surface area contributed by atoms with Gasteiger partial charge >= 0.3 is 23.9 Å². The number of fused-ring (bicyclic) bond motifs is 1. The first kappa shape index (κ1) is 26.8. The van der Waals surface area contributed by atoms with Crippen LogP contribution in [0.2, 0.25) is 0 Å². The third-order valence-corrected chi connectivity index (χ3v) is 9.95. The minimum Gasteiger partial charge on any atom is -0.462 e. The number of ketones is 1. The van der Waals surface area contributed by atoms with Crippen molar-refractivity contribution in [3.63, 3.8) is 0 Å². The van der Waals surface area contributed by atoms with Crippen LogP contribution in [0.25, 0.3) is 0 Å². The normalized spacial score (nSPS) is 44.8. The number of ether oxygens (including phenoxy) is 5. The van der Waals surface area contributed by atoms with E-state index in [0.717, 1.165) is 12.8 Å². The summed E-state index contributed by atoms with van der Waals surface area (Å²) in [5.74, 6) is -4.24. The van der Waals surface area contributed by atoms with Crippen LogP contribution in [-0.4, -0.2) is 60.9 Å². The Hall–Kier alpha value is -2.75. The molecular weight excluding hydrogens is 496 g/mol. The molecule has 4 saturated carbocycles. The van der Waals surface area contributed by atoms with Crippen molar-refractivity contribution < 1.29 is 47.7 Å². The molecule has 1 spiro atoms. The molecule has 4 aliphatic carbocycles. The van der Waals surface area contributed by atoms with Gasteiger partial charge in [0.25, 0.3) is 0 Å². The molecule has 10 heteroatoms. The fourth-order valence-corrected chi connectivity index (χ4v) is 9.12. The van der Waals surface area contributed by atoms with Crippen LogP contribution in [0.4, 0.5) is 0 Å². The molecule has 4 bridgehead atoms. The topological polar surface area (TPSA) is 132 Å². The van der Waals surface area contributed by atoms with E-state index >= 15 is 0 Å². The summed E-state index contributed by atoms with van der Waals surface area (Å²) in [6.07, 6.45) is -1.18. The highest BCUT2D eigenvalue weighted by Gasteiger charge is 2.82. The van der Waals surface area contributed by atoms with E-state index in [0.29, 0.717) is 13.0 Å². The van der Waals surface area contributed by atoms with Gasteiger partial charge in [-0.25, -0.2) is 0 Å². The van der Waals surface area contributed by atoms with Gasteiger partial charge in [0.1, 0.15) is 23.7 Å². The molecule has 1 aliphatic heterocycles. The molecule has 0 aromatic heterocycles. The highest BCUT2D eigenvalue weighted by molar-refractivity contribution is 6.05. The zero-order valence-corrected chi connectivity index (χ0v) is 22.6. The van der Waals surface area contributed by atoms with Crippen molar-refractivity contribution in [2.24, 2.45) is 34.0 Å². The van der Waals surface area contributed by atoms with E-state index < -0.39 is 71.1 Å². The zero-order chi connectivity index (χ0) is 27.8. The van der Waals surface area contributed by atoms with Gasteiger partial charge in [-0.3, -0.25) is 24.0 Å². The van der Waals surface area contributed by atoms with Gasteiger partial charge in [-0.1, -0.05) is 19.9 Å². The van der Waals surface area contributed by atoms with E-state index in [2.05, 4.69) is 13.5 Å². The third-order valence-electron chi connectivity index (χ3n) is 9.95. The molecule has 0 radical (unpaired) electrons. The summed E-state index contributed by atoms with van der Waals surface area (Å²) in [7, 11) is 0. The second kappa shape index (κ2) is 8.89. The zero-order valence-electron chi connectivity index (χ0n) is 22.6. The van der Waals surface area contributed by atoms with Gasteiger partial charge in [0, 0.05) is 44.9 Å². The maximum atomic E-state index is 14.4. The van der Waals surface area contributed by atoms with Crippen molar-refractivity contribution in [2.45, 2.75) is 91.3 Å². The molecule has 10 atom stereocenters. The fraction of sp³-hybridized carbons (Fsp3) is 0.750.